The van der Waals surface area contributed by atoms with Gasteiger partial charge in [-0.05, 0) is 61.4 Å². The van der Waals surface area contributed by atoms with Crippen LogP contribution < -0.4 is 15.4 Å². The molecule has 5 rings (SSSR count). The second-order valence-electron chi connectivity index (χ2n) is 8.40. The third-order valence-electron chi connectivity index (χ3n) is 5.84. The summed E-state index contributed by atoms with van der Waals surface area (Å²) in [6, 6.07) is 23.1. The number of ether oxygens (including phenoxy) is 1. The van der Waals surface area contributed by atoms with Crippen molar-refractivity contribution < 1.29 is 9.53 Å². The number of allylic oxidation sites excluding steroid dienone is 1. The molecule has 4 aromatic rings. The number of aromatic nitrogens is 3. The van der Waals surface area contributed by atoms with Gasteiger partial charge in [-0.2, -0.15) is 10.1 Å². The third-order valence-corrected chi connectivity index (χ3v) is 6.33. The van der Waals surface area contributed by atoms with Crippen molar-refractivity contribution >= 4 is 33.5 Å². The molecular weight excluding hydrogens is 506 g/mol. The van der Waals surface area contributed by atoms with E-state index in [0.29, 0.717) is 18.1 Å². The van der Waals surface area contributed by atoms with Crippen LogP contribution in [0.3, 0.4) is 0 Å². The summed E-state index contributed by atoms with van der Waals surface area (Å²) >= 11 is 3.49. The smallest absolute Gasteiger partial charge is 0.255 e. The maximum atomic E-state index is 13.4. The van der Waals surface area contributed by atoms with Crippen molar-refractivity contribution in [2.75, 3.05) is 10.6 Å². The Hall–Kier alpha value is -3.91. The molecule has 1 aromatic heterocycles. The lowest BCUT2D eigenvalue weighted by atomic mass is 9.95. The quantitative estimate of drug-likeness (QED) is 0.327. The summed E-state index contributed by atoms with van der Waals surface area (Å²) in [5.41, 5.74) is 5.15. The van der Waals surface area contributed by atoms with Crippen LogP contribution in [0.25, 0.3) is 0 Å². The molecule has 0 radical (unpaired) electrons. The highest BCUT2D eigenvalue weighted by atomic mass is 79.9. The van der Waals surface area contributed by atoms with E-state index < -0.39 is 6.04 Å². The minimum atomic E-state index is -0.432. The number of anilines is 2. The maximum absolute atomic E-state index is 13.4. The molecule has 35 heavy (non-hydrogen) atoms. The fourth-order valence-electron chi connectivity index (χ4n) is 4.07. The van der Waals surface area contributed by atoms with Gasteiger partial charge < -0.3 is 15.4 Å². The normalized spacial score (nSPS) is 14.8. The van der Waals surface area contributed by atoms with Crippen LogP contribution in [0.1, 0.15) is 29.7 Å². The topological polar surface area (TPSA) is 81.1 Å². The van der Waals surface area contributed by atoms with E-state index in [1.807, 2.05) is 86.6 Å². The number of fused-ring (bicyclic) bond motifs is 1. The number of halogens is 1. The summed E-state index contributed by atoms with van der Waals surface area (Å²) in [7, 11) is 0. The molecule has 2 N–H and O–H groups in total. The van der Waals surface area contributed by atoms with Crippen molar-refractivity contribution in [3.8, 4) is 5.75 Å². The van der Waals surface area contributed by atoms with Crippen LogP contribution in [-0.4, -0.2) is 20.7 Å². The lowest BCUT2D eigenvalue weighted by Gasteiger charge is -2.28. The minimum absolute atomic E-state index is 0.194. The van der Waals surface area contributed by atoms with Crippen LogP contribution in [0, 0.1) is 6.92 Å². The molecule has 0 fully saturated rings. The minimum Gasteiger partial charge on any atom is -0.489 e. The Labute approximate surface area is 212 Å². The first-order chi connectivity index (χ1) is 17.0. The molecule has 0 saturated heterocycles. The average Bonchev–Trinajstić information content (AvgIpc) is 3.32. The number of amides is 1. The number of rotatable bonds is 6. The van der Waals surface area contributed by atoms with Gasteiger partial charge in [0.05, 0.1) is 5.57 Å². The van der Waals surface area contributed by atoms with Gasteiger partial charge in [0.25, 0.3) is 5.91 Å². The van der Waals surface area contributed by atoms with Gasteiger partial charge in [-0.3, -0.25) is 4.79 Å². The largest absolute Gasteiger partial charge is 0.489 e. The molecule has 2 heterocycles. The Bertz CT molecular complexity index is 1390. The van der Waals surface area contributed by atoms with Crippen molar-refractivity contribution in [3.05, 3.63) is 112 Å². The number of carbonyl (C=O) groups is 1. The molecule has 0 saturated carbocycles. The van der Waals surface area contributed by atoms with E-state index in [2.05, 4.69) is 36.6 Å². The Morgan fingerprint density at radius 3 is 2.60 bits per heavy atom. The number of benzene rings is 3. The molecule has 0 bridgehead atoms. The lowest BCUT2D eigenvalue weighted by Crippen LogP contribution is -2.31. The van der Waals surface area contributed by atoms with Crippen LogP contribution in [0.4, 0.5) is 11.6 Å². The summed E-state index contributed by atoms with van der Waals surface area (Å²) in [4.78, 5) is 17.7. The van der Waals surface area contributed by atoms with E-state index in [-0.39, 0.29) is 5.91 Å². The molecule has 3 aromatic carbocycles. The Morgan fingerprint density at radius 2 is 1.86 bits per heavy atom. The molecule has 0 spiro atoms. The number of carbonyl (C=O) groups excluding carboxylic acids is 1. The van der Waals surface area contributed by atoms with Crippen LogP contribution in [0.5, 0.6) is 5.75 Å². The first-order valence-corrected chi connectivity index (χ1v) is 12.0. The maximum Gasteiger partial charge on any atom is 0.255 e. The van der Waals surface area contributed by atoms with Crippen molar-refractivity contribution in [1.29, 1.82) is 0 Å². The van der Waals surface area contributed by atoms with Crippen molar-refractivity contribution in [1.82, 2.24) is 14.8 Å². The van der Waals surface area contributed by atoms with Crippen LogP contribution in [0.15, 0.2) is 94.9 Å². The number of nitrogens with zero attached hydrogens (tertiary/aromatic N) is 3. The Kier molecular flexibility index (Phi) is 6.37. The summed E-state index contributed by atoms with van der Waals surface area (Å²) in [5, 5.41) is 10.6. The highest BCUT2D eigenvalue weighted by Crippen LogP contribution is 2.35. The number of aryl methyl sites for hydroxylation is 1. The summed E-state index contributed by atoms with van der Waals surface area (Å²) in [6.07, 6.45) is 1.49. The van der Waals surface area contributed by atoms with Crippen LogP contribution >= 0.6 is 15.9 Å². The first kappa shape index (κ1) is 22.9. The zero-order chi connectivity index (χ0) is 24.4. The molecule has 0 aliphatic carbocycles. The van der Waals surface area contributed by atoms with E-state index >= 15 is 0 Å². The van der Waals surface area contributed by atoms with E-state index in [1.54, 1.807) is 4.68 Å². The summed E-state index contributed by atoms with van der Waals surface area (Å²) in [5.74, 6) is 1.14. The van der Waals surface area contributed by atoms with Gasteiger partial charge in [0.1, 0.15) is 24.7 Å². The van der Waals surface area contributed by atoms with Gasteiger partial charge in [0.15, 0.2) is 0 Å². The monoisotopic (exact) mass is 529 g/mol. The number of hydrogen-bond donors (Lipinski definition) is 2. The van der Waals surface area contributed by atoms with E-state index in [4.69, 9.17) is 4.74 Å². The molecule has 8 heteroatoms. The van der Waals surface area contributed by atoms with Gasteiger partial charge in [0, 0.05) is 15.9 Å². The van der Waals surface area contributed by atoms with E-state index in [1.165, 1.54) is 6.33 Å². The number of hydrogen-bond acceptors (Lipinski definition) is 5. The van der Waals surface area contributed by atoms with Gasteiger partial charge in [-0.15, -0.1) is 0 Å². The second kappa shape index (κ2) is 9.76. The molecule has 176 valence electrons. The first-order valence-electron chi connectivity index (χ1n) is 11.2. The summed E-state index contributed by atoms with van der Waals surface area (Å²) in [6.45, 7) is 4.35. The predicted octanol–water partition coefficient (Wildman–Crippen LogP) is 5.86. The summed E-state index contributed by atoms with van der Waals surface area (Å²) < 4.78 is 8.72. The second-order valence-corrected chi connectivity index (χ2v) is 9.32. The van der Waals surface area contributed by atoms with Gasteiger partial charge in [0.2, 0.25) is 5.95 Å². The van der Waals surface area contributed by atoms with E-state index in [9.17, 15) is 4.79 Å². The molecule has 1 aliphatic rings. The van der Waals surface area contributed by atoms with E-state index in [0.717, 1.165) is 38.3 Å². The zero-order valence-corrected chi connectivity index (χ0v) is 20.9. The Balaban J connectivity index is 1.40. The van der Waals surface area contributed by atoms with Gasteiger partial charge in [-0.1, -0.05) is 57.9 Å². The standard InChI is InChI=1S/C27H24BrN5O2/c1-17-6-10-22(11-7-17)32-26(34)24-18(2)31-27-29-16-30-33(27)25(24)20-8-12-23(13-9-20)35-15-19-4-3-5-21(28)14-19/h3-14,16,25H,15H2,1-2H3,(H,32,34)(H,29,30,31). The SMILES string of the molecule is CC1=C(C(=O)Nc2ccc(C)cc2)C(c2ccc(OCc3cccc(Br)c3)cc2)n2ncnc2N1. The third kappa shape index (κ3) is 4.97. The average molecular weight is 530 g/mol. The molecule has 1 aliphatic heterocycles. The highest BCUT2D eigenvalue weighted by Gasteiger charge is 2.33. The molecule has 1 atom stereocenters. The molecular formula is C27H24BrN5O2. The number of nitrogens with one attached hydrogen (secondary N) is 2. The van der Waals surface area contributed by atoms with Gasteiger partial charge in [-0.25, -0.2) is 4.68 Å². The lowest BCUT2D eigenvalue weighted by molar-refractivity contribution is -0.113. The molecule has 7 nitrogen and oxygen atoms in total. The van der Waals surface area contributed by atoms with Crippen molar-refractivity contribution in [3.63, 3.8) is 0 Å². The highest BCUT2D eigenvalue weighted by molar-refractivity contribution is 9.10. The predicted molar refractivity (Wildman–Crippen MR) is 139 cm³/mol. The van der Waals surface area contributed by atoms with Crippen LogP contribution in [0.2, 0.25) is 0 Å². The van der Waals surface area contributed by atoms with Crippen molar-refractivity contribution in [2.24, 2.45) is 0 Å². The molecule has 1 amide bonds. The molecule has 1 unspecified atom stereocenters. The van der Waals surface area contributed by atoms with Crippen LogP contribution in [-0.2, 0) is 11.4 Å². The fraction of sp³-hybridized carbons (Fsp3) is 0.148. The fourth-order valence-corrected chi connectivity index (χ4v) is 4.51. The van der Waals surface area contributed by atoms with Crippen molar-refractivity contribution in [2.45, 2.75) is 26.5 Å². The Morgan fingerprint density at radius 1 is 1.09 bits per heavy atom. The van der Waals surface area contributed by atoms with Gasteiger partial charge >= 0.3 is 0 Å². The zero-order valence-electron chi connectivity index (χ0n) is 19.3.